The van der Waals surface area contributed by atoms with Crippen LogP contribution in [-0.4, -0.2) is 6.54 Å². The van der Waals surface area contributed by atoms with Crippen LogP contribution in [0.5, 0.6) is 0 Å². The second kappa shape index (κ2) is 6.50. The molecule has 2 rings (SSSR count). The van der Waals surface area contributed by atoms with Crippen molar-refractivity contribution < 1.29 is 0 Å². The molecule has 0 fully saturated rings. The van der Waals surface area contributed by atoms with Crippen molar-refractivity contribution >= 4 is 27.3 Å². The second-order valence-corrected chi connectivity index (χ2v) is 6.98. The Morgan fingerprint density at radius 1 is 1.28 bits per heavy atom. The van der Waals surface area contributed by atoms with E-state index in [4.69, 9.17) is 0 Å². The molecule has 0 bridgehead atoms. The van der Waals surface area contributed by atoms with Gasteiger partial charge >= 0.3 is 0 Å². The maximum atomic E-state index is 3.58. The van der Waals surface area contributed by atoms with Crippen molar-refractivity contribution in [1.29, 1.82) is 0 Å². The van der Waals surface area contributed by atoms with Crippen LogP contribution in [0, 0.1) is 6.92 Å². The van der Waals surface area contributed by atoms with Gasteiger partial charge < -0.3 is 5.32 Å². The number of thiophene rings is 1. The van der Waals surface area contributed by atoms with Crippen LogP contribution < -0.4 is 5.32 Å². The molecule has 0 aliphatic rings. The Morgan fingerprint density at radius 3 is 2.72 bits per heavy atom. The van der Waals surface area contributed by atoms with E-state index in [1.54, 1.807) is 0 Å². The third kappa shape index (κ3) is 3.67. The molecule has 3 heteroatoms. The van der Waals surface area contributed by atoms with E-state index in [0.717, 1.165) is 13.0 Å². The Labute approximate surface area is 121 Å². The Bertz CT molecular complexity index is 507. The lowest BCUT2D eigenvalue weighted by Gasteiger charge is -2.18. The summed E-state index contributed by atoms with van der Waals surface area (Å²) in [6, 6.07) is 13.5. The molecule has 1 aromatic carbocycles. The highest BCUT2D eigenvalue weighted by Crippen LogP contribution is 2.27. The van der Waals surface area contributed by atoms with Gasteiger partial charge in [0, 0.05) is 17.3 Å². The zero-order valence-corrected chi connectivity index (χ0v) is 13.1. The van der Waals surface area contributed by atoms with Gasteiger partial charge in [-0.05, 0) is 47.1 Å². The summed E-state index contributed by atoms with van der Waals surface area (Å²) in [7, 11) is 0. The Hall–Kier alpha value is -0.640. The molecule has 0 spiro atoms. The number of likely N-dealkylation sites (N-methyl/N-ethyl adjacent to an activating group) is 1. The lowest BCUT2D eigenvalue weighted by atomic mass is 10.0. The first kappa shape index (κ1) is 13.8. The number of hydrogen-bond donors (Lipinski definition) is 1. The first-order chi connectivity index (χ1) is 8.69. The standard InChI is InChI=1S/C15H18BrNS/c1-3-17-14(10-13-7-8-15(16)18-13)12-6-4-5-11(2)9-12/h4-9,14,17H,3,10H2,1-2H3. The quantitative estimate of drug-likeness (QED) is 0.840. The van der Waals surface area contributed by atoms with E-state index in [1.165, 1.54) is 19.8 Å². The molecule has 96 valence electrons. The van der Waals surface area contributed by atoms with Crippen LogP contribution in [0.25, 0.3) is 0 Å². The van der Waals surface area contributed by atoms with E-state index < -0.39 is 0 Å². The lowest BCUT2D eigenvalue weighted by Crippen LogP contribution is -2.22. The van der Waals surface area contributed by atoms with Crippen molar-refractivity contribution in [2.24, 2.45) is 0 Å². The van der Waals surface area contributed by atoms with Crippen LogP contribution in [0.15, 0.2) is 40.2 Å². The van der Waals surface area contributed by atoms with E-state index >= 15 is 0 Å². The fourth-order valence-electron chi connectivity index (χ4n) is 2.10. The van der Waals surface area contributed by atoms with Crippen molar-refractivity contribution in [3.63, 3.8) is 0 Å². The zero-order valence-electron chi connectivity index (χ0n) is 10.7. The molecule has 1 heterocycles. The average Bonchev–Trinajstić information content (AvgIpc) is 2.74. The summed E-state index contributed by atoms with van der Waals surface area (Å²) >= 11 is 5.34. The van der Waals surface area contributed by atoms with Crippen molar-refractivity contribution in [3.8, 4) is 0 Å². The van der Waals surface area contributed by atoms with Crippen LogP contribution in [-0.2, 0) is 6.42 Å². The molecular formula is C15H18BrNS. The predicted octanol–water partition coefficient (Wildman–Crippen LogP) is 4.71. The van der Waals surface area contributed by atoms with Gasteiger partial charge in [0.2, 0.25) is 0 Å². The summed E-state index contributed by atoms with van der Waals surface area (Å²) in [6.45, 7) is 5.30. The normalized spacial score (nSPS) is 12.6. The first-order valence-corrected chi connectivity index (χ1v) is 7.84. The van der Waals surface area contributed by atoms with Crippen LogP contribution in [0.4, 0.5) is 0 Å². The van der Waals surface area contributed by atoms with E-state index in [0.29, 0.717) is 6.04 Å². The molecule has 0 aliphatic carbocycles. The molecule has 0 saturated heterocycles. The third-order valence-corrected chi connectivity index (χ3v) is 4.58. The molecule has 0 aliphatic heterocycles. The average molecular weight is 324 g/mol. The van der Waals surface area contributed by atoms with Crippen LogP contribution in [0.2, 0.25) is 0 Å². The maximum absolute atomic E-state index is 3.58. The Morgan fingerprint density at radius 2 is 2.11 bits per heavy atom. The summed E-state index contributed by atoms with van der Waals surface area (Å²) in [6.07, 6.45) is 1.05. The fraction of sp³-hybridized carbons (Fsp3) is 0.333. The van der Waals surface area contributed by atoms with Gasteiger partial charge in [-0.2, -0.15) is 0 Å². The van der Waals surface area contributed by atoms with Gasteiger partial charge in [-0.15, -0.1) is 11.3 Å². The molecule has 1 N–H and O–H groups in total. The van der Waals surface area contributed by atoms with Gasteiger partial charge in [0.1, 0.15) is 0 Å². The number of nitrogens with one attached hydrogen (secondary N) is 1. The minimum atomic E-state index is 0.403. The molecule has 0 radical (unpaired) electrons. The third-order valence-electron chi connectivity index (χ3n) is 2.93. The second-order valence-electron chi connectivity index (χ2n) is 4.43. The smallest absolute Gasteiger partial charge is 0.0701 e. The Kier molecular flexibility index (Phi) is 4.98. The summed E-state index contributed by atoms with van der Waals surface area (Å²) in [4.78, 5) is 1.41. The molecule has 1 nitrogen and oxygen atoms in total. The van der Waals surface area contributed by atoms with Gasteiger partial charge in [0.25, 0.3) is 0 Å². The predicted molar refractivity (Wildman–Crippen MR) is 83.3 cm³/mol. The largest absolute Gasteiger partial charge is 0.310 e. The molecule has 0 saturated carbocycles. The van der Waals surface area contributed by atoms with Crippen molar-refractivity contribution in [1.82, 2.24) is 5.32 Å². The van der Waals surface area contributed by atoms with E-state index in [-0.39, 0.29) is 0 Å². The van der Waals surface area contributed by atoms with Crippen molar-refractivity contribution in [2.75, 3.05) is 6.54 Å². The topological polar surface area (TPSA) is 12.0 Å². The fourth-order valence-corrected chi connectivity index (χ4v) is 3.63. The SMILES string of the molecule is CCNC(Cc1ccc(Br)s1)c1cccc(C)c1. The van der Waals surface area contributed by atoms with E-state index in [1.807, 2.05) is 11.3 Å². The van der Waals surface area contributed by atoms with Gasteiger partial charge in [0.05, 0.1) is 3.79 Å². The molecule has 0 amide bonds. The summed E-state index contributed by atoms with van der Waals surface area (Å²) in [5.74, 6) is 0. The highest BCUT2D eigenvalue weighted by molar-refractivity contribution is 9.11. The number of halogens is 1. The summed E-state index contributed by atoms with van der Waals surface area (Å²) in [5.41, 5.74) is 2.70. The molecule has 1 atom stereocenters. The lowest BCUT2D eigenvalue weighted by molar-refractivity contribution is 0.553. The van der Waals surface area contributed by atoms with Gasteiger partial charge in [-0.3, -0.25) is 0 Å². The molecular weight excluding hydrogens is 306 g/mol. The Balaban J connectivity index is 2.17. The van der Waals surface area contributed by atoms with Crippen molar-refractivity contribution in [2.45, 2.75) is 26.3 Å². The van der Waals surface area contributed by atoms with Gasteiger partial charge in [-0.1, -0.05) is 36.8 Å². The highest BCUT2D eigenvalue weighted by atomic mass is 79.9. The minimum absolute atomic E-state index is 0.403. The molecule has 1 unspecified atom stereocenters. The van der Waals surface area contributed by atoms with E-state index in [9.17, 15) is 0 Å². The first-order valence-electron chi connectivity index (χ1n) is 6.23. The maximum Gasteiger partial charge on any atom is 0.0701 e. The molecule has 2 aromatic rings. The van der Waals surface area contributed by atoms with E-state index in [2.05, 4.69) is 71.5 Å². The minimum Gasteiger partial charge on any atom is -0.310 e. The highest BCUT2D eigenvalue weighted by Gasteiger charge is 2.12. The van der Waals surface area contributed by atoms with Crippen LogP contribution in [0.1, 0.15) is 29.0 Å². The molecule has 1 aromatic heterocycles. The molecule has 18 heavy (non-hydrogen) atoms. The number of aryl methyl sites for hydroxylation is 1. The van der Waals surface area contributed by atoms with Crippen molar-refractivity contribution in [3.05, 3.63) is 56.2 Å². The zero-order chi connectivity index (χ0) is 13.0. The number of rotatable bonds is 5. The summed E-state index contributed by atoms with van der Waals surface area (Å²) < 4.78 is 1.21. The number of hydrogen-bond acceptors (Lipinski definition) is 2. The van der Waals surface area contributed by atoms with Gasteiger partial charge in [-0.25, -0.2) is 0 Å². The van der Waals surface area contributed by atoms with Crippen LogP contribution in [0.3, 0.4) is 0 Å². The monoisotopic (exact) mass is 323 g/mol. The summed E-state index contributed by atoms with van der Waals surface area (Å²) in [5, 5.41) is 3.58. The van der Waals surface area contributed by atoms with Crippen LogP contribution >= 0.6 is 27.3 Å². The number of benzene rings is 1. The van der Waals surface area contributed by atoms with Gasteiger partial charge in [0.15, 0.2) is 0 Å².